The number of fused-ring (bicyclic) bond motifs is 1. The zero-order valence-corrected chi connectivity index (χ0v) is 18.4. The van der Waals surface area contributed by atoms with Crippen molar-refractivity contribution in [2.24, 2.45) is 5.41 Å². The van der Waals surface area contributed by atoms with E-state index in [1.54, 1.807) is 36.7 Å². The molecule has 0 bridgehead atoms. The lowest BCUT2D eigenvalue weighted by atomic mass is 9.73. The van der Waals surface area contributed by atoms with E-state index in [1.807, 2.05) is 18.2 Å². The summed E-state index contributed by atoms with van der Waals surface area (Å²) in [5.41, 5.74) is 0.836. The Labute approximate surface area is 195 Å². The number of aliphatic hydroxyl groups is 1. The molecule has 0 radical (unpaired) electrons. The van der Waals surface area contributed by atoms with Gasteiger partial charge in [0.25, 0.3) is 0 Å². The van der Waals surface area contributed by atoms with Gasteiger partial charge in [-0.15, -0.1) is 0 Å². The number of nitrogens with zero attached hydrogens (tertiary/aromatic N) is 2. The SMILES string of the molecule is N#Cc1cc(Cl)ccc1-c1ccc(NC(=O)[C@@]23CCC[C@H](O)[C@]2(c2ccncc2)C3)cc1F. The van der Waals surface area contributed by atoms with Gasteiger partial charge in [0.1, 0.15) is 5.82 Å². The molecule has 1 aromatic heterocycles. The van der Waals surface area contributed by atoms with Crippen LogP contribution in [0.1, 0.15) is 36.8 Å². The number of hydrogen-bond acceptors (Lipinski definition) is 4. The van der Waals surface area contributed by atoms with E-state index in [0.29, 0.717) is 35.5 Å². The molecule has 2 saturated carbocycles. The van der Waals surface area contributed by atoms with E-state index < -0.39 is 22.8 Å². The highest BCUT2D eigenvalue weighted by atomic mass is 35.5. The second kappa shape index (κ2) is 7.95. The van der Waals surface area contributed by atoms with Crippen molar-refractivity contribution in [2.45, 2.75) is 37.2 Å². The summed E-state index contributed by atoms with van der Waals surface area (Å²) < 4.78 is 15.0. The summed E-state index contributed by atoms with van der Waals surface area (Å²) >= 11 is 5.95. The van der Waals surface area contributed by atoms with Crippen molar-refractivity contribution < 1.29 is 14.3 Å². The standard InChI is InChI=1S/C26H21ClFN3O2/c27-18-3-5-20(16(12-18)14-29)21-6-4-19(13-22(21)28)31-24(33)25-9-1-2-23(32)26(25,15-25)17-7-10-30-11-8-17/h3-8,10-13,23,32H,1-2,9,15H2,(H,31,33)/t23-,25-,26+/m0/s1. The number of halogens is 2. The Balaban J connectivity index is 1.43. The number of benzene rings is 2. The molecule has 1 amide bonds. The van der Waals surface area contributed by atoms with Gasteiger partial charge in [-0.25, -0.2) is 4.39 Å². The Bertz CT molecular complexity index is 1290. The maximum atomic E-state index is 15.0. The summed E-state index contributed by atoms with van der Waals surface area (Å²) in [5, 5.41) is 23.5. The number of rotatable bonds is 4. The topological polar surface area (TPSA) is 86.0 Å². The van der Waals surface area contributed by atoms with Crippen molar-refractivity contribution in [1.82, 2.24) is 4.98 Å². The number of anilines is 1. The van der Waals surface area contributed by atoms with E-state index in [-0.39, 0.29) is 17.0 Å². The van der Waals surface area contributed by atoms with Crippen molar-refractivity contribution >= 4 is 23.2 Å². The summed E-state index contributed by atoms with van der Waals surface area (Å²) in [6.07, 6.45) is 5.33. The van der Waals surface area contributed by atoms with Crippen LogP contribution in [-0.4, -0.2) is 22.1 Å². The maximum Gasteiger partial charge on any atom is 0.231 e. The number of carbonyl (C=O) groups excluding carboxylic acids is 1. The number of carbonyl (C=O) groups is 1. The fraction of sp³-hybridized carbons (Fsp3) is 0.269. The van der Waals surface area contributed by atoms with Crippen LogP contribution in [0.15, 0.2) is 60.9 Å². The summed E-state index contributed by atoms with van der Waals surface area (Å²) in [5.74, 6) is -0.765. The lowest BCUT2D eigenvalue weighted by Gasteiger charge is -2.34. The number of pyridine rings is 1. The summed E-state index contributed by atoms with van der Waals surface area (Å²) in [7, 11) is 0. The molecule has 166 valence electrons. The van der Waals surface area contributed by atoms with Gasteiger partial charge in [0.2, 0.25) is 5.91 Å². The molecule has 0 spiro atoms. The lowest BCUT2D eigenvalue weighted by molar-refractivity contribution is -0.124. The minimum atomic E-state index is -0.731. The van der Waals surface area contributed by atoms with E-state index in [1.165, 1.54) is 12.1 Å². The van der Waals surface area contributed by atoms with Crippen LogP contribution in [-0.2, 0) is 10.2 Å². The molecule has 3 atom stereocenters. The average molecular weight is 462 g/mol. The van der Waals surface area contributed by atoms with Crippen LogP contribution in [0.3, 0.4) is 0 Å². The molecule has 2 fully saturated rings. The molecule has 2 aliphatic rings. The van der Waals surface area contributed by atoms with Gasteiger partial charge in [-0.3, -0.25) is 9.78 Å². The van der Waals surface area contributed by atoms with Crippen molar-refractivity contribution in [1.29, 1.82) is 5.26 Å². The third-order valence-corrected chi connectivity index (χ3v) is 7.44. The highest BCUT2D eigenvalue weighted by molar-refractivity contribution is 6.30. The molecule has 2 N–H and O–H groups in total. The second-order valence-electron chi connectivity index (χ2n) is 8.82. The lowest BCUT2D eigenvalue weighted by Crippen LogP contribution is -2.42. The first kappa shape index (κ1) is 21.6. The zero-order chi connectivity index (χ0) is 23.2. The van der Waals surface area contributed by atoms with Crippen LogP contribution in [0.25, 0.3) is 11.1 Å². The van der Waals surface area contributed by atoms with E-state index in [0.717, 1.165) is 12.0 Å². The van der Waals surface area contributed by atoms with Crippen LogP contribution in [0.2, 0.25) is 5.02 Å². The fourth-order valence-corrected chi connectivity index (χ4v) is 5.72. The Morgan fingerprint density at radius 3 is 2.67 bits per heavy atom. The first-order valence-electron chi connectivity index (χ1n) is 10.8. The molecule has 0 unspecified atom stereocenters. The molecule has 0 saturated heterocycles. The molecule has 1 heterocycles. The predicted molar refractivity (Wildman–Crippen MR) is 123 cm³/mol. The first-order valence-corrected chi connectivity index (χ1v) is 11.2. The van der Waals surface area contributed by atoms with Crippen LogP contribution in [0.5, 0.6) is 0 Å². The zero-order valence-electron chi connectivity index (χ0n) is 17.7. The molecular formula is C26H21ClFN3O2. The maximum absolute atomic E-state index is 15.0. The number of hydrogen-bond donors (Lipinski definition) is 2. The van der Waals surface area contributed by atoms with E-state index >= 15 is 4.39 Å². The molecular weight excluding hydrogens is 441 g/mol. The highest BCUT2D eigenvalue weighted by Crippen LogP contribution is 2.72. The van der Waals surface area contributed by atoms with Gasteiger partial charge in [0.15, 0.2) is 0 Å². The minimum absolute atomic E-state index is 0.214. The van der Waals surface area contributed by atoms with E-state index in [4.69, 9.17) is 11.6 Å². The van der Waals surface area contributed by atoms with Crippen molar-refractivity contribution in [2.75, 3.05) is 5.32 Å². The molecule has 0 aliphatic heterocycles. The van der Waals surface area contributed by atoms with E-state index in [2.05, 4.69) is 10.3 Å². The van der Waals surface area contributed by atoms with Crippen LogP contribution in [0, 0.1) is 22.6 Å². The third-order valence-electron chi connectivity index (χ3n) is 7.21. The largest absolute Gasteiger partial charge is 0.392 e. The van der Waals surface area contributed by atoms with Gasteiger partial charge in [-0.2, -0.15) is 5.26 Å². The molecule has 2 aliphatic carbocycles. The summed E-state index contributed by atoms with van der Waals surface area (Å²) in [6.45, 7) is 0. The molecule has 33 heavy (non-hydrogen) atoms. The van der Waals surface area contributed by atoms with Crippen molar-refractivity contribution in [3.8, 4) is 17.2 Å². The summed E-state index contributed by atoms with van der Waals surface area (Å²) in [4.78, 5) is 17.5. The van der Waals surface area contributed by atoms with Crippen LogP contribution >= 0.6 is 11.6 Å². The van der Waals surface area contributed by atoms with Gasteiger partial charge in [0, 0.05) is 39.6 Å². The Morgan fingerprint density at radius 1 is 1.18 bits per heavy atom. The van der Waals surface area contributed by atoms with Gasteiger partial charge in [-0.05, 0) is 73.7 Å². The molecule has 5 rings (SSSR count). The first-order chi connectivity index (χ1) is 15.9. The van der Waals surface area contributed by atoms with Crippen LogP contribution in [0.4, 0.5) is 10.1 Å². The predicted octanol–water partition coefficient (Wildman–Crippen LogP) is 5.22. The molecule has 5 nitrogen and oxygen atoms in total. The van der Waals surface area contributed by atoms with Crippen LogP contribution < -0.4 is 5.32 Å². The molecule has 2 aromatic carbocycles. The minimum Gasteiger partial charge on any atom is -0.392 e. The van der Waals surface area contributed by atoms with Gasteiger partial charge >= 0.3 is 0 Å². The normalized spacial score (nSPS) is 25.6. The Morgan fingerprint density at radius 2 is 1.94 bits per heavy atom. The monoisotopic (exact) mass is 461 g/mol. The number of nitriles is 1. The Hall–Kier alpha value is -3.27. The smallest absolute Gasteiger partial charge is 0.231 e. The van der Waals surface area contributed by atoms with Gasteiger partial charge in [0.05, 0.1) is 23.2 Å². The molecule has 3 aromatic rings. The molecule has 7 heteroatoms. The van der Waals surface area contributed by atoms with Gasteiger partial charge < -0.3 is 10.4 Å². The van der Waals surface area contributed by atoms with Crippen molar-refractivity contribution in [3.63, 3.8) is 0 Å². The summed E-state index contributed by atoms with van der Waals surface area (Å²) in [6, 6.07) is 14.9. The number of amides is 1. The average Bonchev–Trinajstić information content (AvgIpc) is 3.54. The number of aliphatic hydroxyl groups excluding tert-OH is 1. The third kappa shape index (κ3) is 3.31. The number of nitrogens with one attached hydrogen (secondary N) is 1. The van der Waals surface area contributed by atoms with Crippen molar-refractivity contribution in [3.05, 3.63) is 82.9 Å². The highest BCUT2D eigenvalue weighted by Gasteiger charge is 2.76. The fourth-order valence-electron chi connectivity index (χ4n) is 5.55. The van der Waals surface area contributed by atoms with E-state index in [9.17, 15) is 15.2 Å². The quantitative estimate of drug-likeness (QED) is 0.557. The second-order valence-corrected chi connectivity index (χ2v) is 9.26. The van der Waals surface area contributed by atoms with Gasteiger partial charge in [-0.1, -0.05) is 17.7 Å². The Kier molecular flexibility index (Phi) is 5.19. The number of aromatic nitrogens is 1.